The summed E-state index contributed by atoms with van der Waals surface area (Å²) in [5, 5.41) is 0. The van der Waals surface area contributed by atoms with Crippen LogP contribution in [0.5, 0.6) is 0 Å². The Bertz CT molecular complexity index is 337. The van der Waals surface area contributed by atoms with Crippen LogP contribution in [0.3, 0.4) is 0 Å². The first-order valence-electron chi connectivity index (χ1n) is 5.93. The van der Waals surface area contributed by atoms with Gasteiger partial charge in [-0.2, -0.15) is 6.42 Å². The summed E-state index contributed by atoms with van der Waals surface area (Å²) in [5.41, 5.74) is 2.88. The van der Waals surface area contributed by atoms with E-state index in [1.54, 1.807) is 0 Å². The van der Waals surface area contributed by atoms with E-state index in [9.17, 15) is 0 Å². The zero-order valence-electron chi connectivity index (χ0n) is 10.2. The van der Waals surface area contributed by atoms with E-state index < -0.39 is 0 Å². The van der Waals surface area contributed by atoms with E-state index in [1.165, 1.54) is 40.4 Å². The minimum absolute atomic E-state index is 1.01. The molecule has 0 spiro atoms. The fourth-order valence-corrected chi connectivity index (χ4v) is 2.05. The van der Waals surface area contributed by atoms with E-state index in [0.717, 1.165) is 19.5 Å². The molecule has 0 amide bonds. The zero-order valence-corrected chi connectivity index (χ0v) is 14.8. The second-order valence-corrected chi connectivity index (χ2v) is 4.00. The molecule has 0 unspecified atom stereocenters. The summed E-state index contributed by atoms with van der Waals surface area (Å²) in [4.78, 5) is 2.46. The monoisotopic (exact) mass is 343 g/mol. The third-order valence-electron chi connectivity index (χ3n) is 2.91. The van der Waals surface area contributed by atoms with E-state index in [1.807, 2.05) is 0 Å². The molecule has 0 aromatic heterocycles. The quantitative estimate of drug-likeness (QED) is 0.594. The number of halogens is 1. The SMILES string of the molecule is [CH2-]CCN1CC=C(c2ccccc2)CC1.[Zn+][Br]. The minimum atomic E-state index is 1.01. The Labute approximate surface area is 121 Å². The number of benzene rings is 1. The van der Waals surface area contributed by atoms with Crippen LogP contribution in [0, 0.1) is 6.92 Å². The number of hydrogen-bond donors (Lipinski definition) is 0. The standard InChI is InChI=1S/C14H18N.BrH.Zn/c1-2-10-15-11-8-14(9-12-15)13-6-4-3-5-7-13;;/h3-8H,1-2,9-12H2;1H;/q-1;;+2/p-1. The molecule has 3 heteroatoms. The molecular formula is C14H18BrNZn. The molecule has 1 heterocycles. The summed E-state index contributed by atoms with van der Waals surface area (Å²) >= 11 is 4.25. The molecule has 0 fully saturated rings. The van der Waals surface area contributed by atoms with Crippen LogP contribution in [0.1, 0.15) is 18.4 Å². The van der Waals surface area contributed by atoms with Gasteiger partial charge in [-0.1, -0.05) is 36.4 Å². The average Bonchev–Trinajstić information content (AvgIpc) is 2.43. The first-order valence-corrected chi connectivity index (χ1v) is 12.9. The third-order valence-corrected chi connectivity index (χ3v) is 2.91. The van der Waals surface area contributed by atoms with Crippen LogP contribution in [0.4, 0.5) is 0 Å². The molecule has 0 bridgehead atoms. The van der Waals surface area contributed by atoms with Gasteiger partial charge in [0, 0.05) is 13.1 Å². The molecule has 0 saturated heterocycles. The third kappa shape index (κ3) is 5.03. The molecule has 0 aliphatic carbocycles. The summed E-state index contributed by atoms with van der Waals surface area (Å²) in [6.07, 6.45) is 4.53. The fourth-order valence-electron chi connectivity index (χ4n) is 2.05. The molecule has 88 valence electrons. The Morgan fingerprint density at radius 3 is 2.47 bits per heavy atom. The van der Waals surface area contributed by atoms with Crippen molar-refractivity contribution >= 4 is 19.2 Å². The molecule has 1 nitrogen and oxygen atoms in total. The summed E-state index contributed by atoms with van der Waals surface area (Å²) in [5.74, 6) is 0. The van der Waals surface area contributed by atoms with Crippen molar-refractivity contribution in [2.24, 2.45) is 0 Å². The van der Waals surface area contributed by atoms with Gasteiger partial charge in [0.2, 0.25) is 0 Å². The Balaban J connectivity index is 0.000000686. The molecule has 17 heavy (non-hydrogen) atoms. The van der Waals surface area contributed by atoms with Gasteiger partial charge >= 0.3 is 30.0 Å². The summed E-state index contributed by atoms with van der Waals surface area (Å²) in [6.45, 7) is 7.28. The van der Waals surface area contributed by atoms with Crippen molar-refractivity contribution < 1.29 is 16.3 Å². The van der Waals surface area contributed by atoms with E-state index >= 15 is 0 Å². The predicted molar refractivity (Wildman–Crippen MR) is 74.4 cm³/mol. The Morgan fingerprint density at radius 2 is 1.94 bits per heavy atom. The summed E-state index contributed by atoms with van der Waals surface area (Å²) in [6, 6.07) is 10.7. The van der Waals surface area contributed by atoms with Crippen molar-refractivity contribution in [1.82, 2.24) is 4.90 Å². The van der Waals surface area contributed by atoms with Crippen LogP contribution in [-0.4, -0.2) is 24.5 Å². The molecule has 1 aliphatic heterocycles. The van der Waals surface area contributed by atoms with Crippen molar-refractivity contribution in [2.45, 2.75) is 12.8 Å². The van der Waals surface area contributed by atoms with Crippen LogP contribution in [0.15, 0.2) is 36.4 Å². The second-order valence-electron chi connectivity index (χ2n) is 4.00. The first-order chi connectivity index (χ1) is 8.40. The van der Waals surface area contributed by atoms with Crippen molar-refractivity contribution in [3.63, 3.8) is 0 Å². The number of hydrogen-bond acceptors (Lipinski definition) is 1. The van der Waals surface area contributed by atoms with Gasteiger partial charge in [-0.3, -0.25) is 0 Å². The van der Waals surface area contributed by atoms with Gasteiger partial charge in [0.05, 0.1) is 0 Å². The molecule has 1 aliphatic rings. The molecule has 0 atom stereocenters. The zero-order chi connectivity index (χ0) is 12.5. The topological polar surface area (TPSA) is 3.24 Å². The second kappa shape index (κ2) is 9.02. The van der Waals surface area contributed by atoms with Crippen molar-refractivity contribution in [3.8, 4) is 0 Å². The van der Waals surface area contributed by atoms with Gasteiger partial charge < -0.3 is 11.8 Å². The Kier molecular flexibility index (Phi) is 8.00. The summed E-state index contributed by atoms with van der Waals surface area (Å²) in [7, 11) is 0. The predicted octanol–water partition coefficient (Wildman–Crippen LogP) is 3.84. The number of rotatable bonds is 3. The van der Waals surface area contributed by atoms with E-state index in [2.05, 4.69) is 61.9 Å². The average molecular weight is 346 g/mol. The molecule has 0 N–H and O–H groups in total. The fraction of sp³-hybridized carbons (Fsp3) is 0.357. The molecule has 1 aromatic rings. The molecule has 2 rings (SSSR count). The summed E-state index contributed by atoms with van der Waals surface area (Å²) < 4.78 is 0. The van der Waals surface area contributed by atoms with Gasteiger partial charge in [-0.25, -0.2) is 0 Å². The van der Waals surface area contributed by atoms with Crippen molar-refractivity contribution in [2.75, 3.05) is 19.6 Å². The van der Waals surface area contributed by atoms with Gasteiger partial charge in [0.25, 0.3) is 0 Å². The van der Waals surface area contributed by atoms with Gasteiger partial charge in [-0.05, 0) is 24.1 Å². The molecule has 0 saturated carbocycles. The first kappa shape index (κ1) is 15.1. The molecular weight excluding hydrogens is 327 g/mol. The van der Waals surface area contributed by atoms with Crippen LogP contribution >= 0.6 is 13.6 Å². The van der Waals surface area contributed by atoms with Gasteiger partial charge in [-0.15, -0.1) is 0 Å². The van der Waals surface area contributed by atoms with Gasteiger partial charge in [0.1, 0.15) is 0 Å². The normalized spacial score (nSPS) is 15.9. The molecule has 1 aromatic carbocycles. The maximum absolute atomic E-state index is 3.89. The van der Waals surface area contributed by atoms with E-state index in [4.69, 9.17) is 0 Å². The van der Waals surface area contributed by atoms with Gasteiger partial charge in [0.15, 0.2) is 0 Å². The van der Waals surface area contributed by atoms with Crippen LogP contribution in [0.2, 0.25) is 0 Å². The molecule has 0 radical (unpaired) electrons. The van der Waals surface area contributed by atoms with Crippen molar-refractivity contribution in [1.29, 1.82) is 0 Å². The van der Waals surface area contributed by atoms with E-state index in [0.29, 0.717) is 0 Å². The van der Waals surface area contributed by atoms with Crippen molar-refractivity contribution in [3.05, 3.63) is 48.9 Å². The maximum atomic E-state index is 3.89. The van der Waals surface area contributed by atoms with Crippen LogP contribution < -0.4 is 0 Å². The number of nitrogens with zero attached hydrogens (tertiary/aromatic N) is 1. The Hall–Kier alpha value is 0.0234. The van der Waals surface area contributed by atoms with Crippen LogP contribution in [-0.2, 0) is 16.3 Å². The van der Waals surface area contributed by atoms with E-state index in [-0.39, 0.29) is 0 Å². The Morgan fingerprint density at radius 1 is 1.24 bits per heavy atom. The van der Waals surface area contributed by atoms with Crippen LogP contribution in [0.25, 0.3) is 5.57 Å².